The number of aryl methyl sites for hydroxylation is 2. The fraction of sp³-hybridized carbons (Fsp3) is 0.125. The number of non-ortho nitro benzene ring substituents is 1. The van der Waals surface area contributed by atoms with Gasteiger partial charge in [0.05, 0.1) is 15.7 Å². The van der Waals surface area contributed by atoms with Gasteiger partial charge in [-0.25, -0.2) is 0 Å². The third-order valence-electron chi connectivity index (χ3n) is 4.04. The molecule has 0 bridgehead atoms. The predicted octanol–water partition coefficient (Wildman–Crippen LogP) is 4.00. The van der Waals surface area contributed by atoms with E-state index in [9.17, 15) is 10.1 Å². The predicted molar refractivity (Wildman–Crippen MR) is 75.5 cm³/mol. The van der Waals surface area contributed by atoms with Gasteiger partial charge in [-0.15, -0.1) is 0 Å². The van der Waals surface area contributed by atoms with E-state index in [0.29, 0.717) is 0 Å². The quantitative estimate of drug-likeness (QED) is 0.371. The van der Waals surface area contributed by atoms with Gasteiger partial charge in [0.25, 0.3) is 5.69 Å². The summed E-state index contributed by atoms with van der Waals surface area (Å²) in [6.07, 6.45) is 1.96. The van der Waals surface area contributed by atoms with Crippen LogP contribution in [0.25, 0.3) is 21.5 Å². The molecule has 3 aromatic carbocycles. The molecular weight excluding hydrogens is 238 g/mol. The SMILES string of the molecule is O=[N+]([O-])c1c2ccccc2c2c3c(cccc13)CC2. The van der Waals surface area contributed by atoms with E-state index in [1.54, 1.807) is 0 Å². The van der Waals surface area contributed by atoms with Crippen LogP contribution in [0, 0.1) is 10.1 Å². The third kappa shape index (κ3) is 1.27. The Balaban J connectivity index is 2.37. The number of nitro groups is 1. The normalized spacial score (nSPS) is 13.3. The molecule has 0 heterocycles. The first-order valence-corrected chi connectivity index (χ1v) is 6.37. The lowest BCUT2D eigenvalue weighted by Gasteiger charge is -2.08. The smallest absolute Gasteiger partial charge is 0.258 e. The zero-order valence-electron chi connectivity index (χ0n) is 10.2. The van der Waals surface area contributed by atoms with E-state index < -0.39 is 0 Å². The Hall–Kier alpha value is -2.42. The Labute approximate surface area is 109 Å². The summed E-state index contributed by atoms with van der Waals surface area (Å²) in [5.74, 6) is 0. The first kappa shape index (κ1) is 10.5. The van der Waals surface area contributed by atoms with E-state index in [1.807, 2.05) is 36.4 Å². The molecule has 3 nitrogen and oxygen atoms in total. The van der Waals surface area contributed by atoms with Gasteiger partial charge in [0.1, 0.15) is 0 Å². The van der Waals surface area contributed by atoms with E-state index in [0.717, 1.165) is 34.4 Å². The summed E-state index contributed by atoms with van der Waals surface area (Å²) < 4.78 is 0. The first-order chi connectivity index (χ1) is 9.27. The summed E-state index contributed by atoms with van der Waals surface area (Å²) in [4.78, 5) is 11.2. The van der Waals surface area contributed by atoms with Crippen molar-refractivity contribution in [2.45, 2.75) is 12.8 Å². The first-order valence-electron chi connectivity index (χ1n) is 6.37. The minimum Gasteiger partial charge on any atom is -0.258 e. The maximum absolute atomic E-state index is 11.5. The number of benzene rings is 3. The lowest BCUT2D eigenvalue weighted by molar-refractivity contribution is -0.381. The maximum Gasteiger partial charge on any atom is 0.284 e. The van der Waals surface area contributed by atoms with Crippen molar-refractivity contribution in [2.75, 3.05) is 0 Å². The van der Waals surface area contributed by atoms with Crippen molar-refractivity contribution in [3.63, 3.8) is 0 Å². The zero-order valence-corrected chi connectivity index (χ0v) is 10.2. The van der Waals surface area contributed by atoms with Gasteiger partial charge >= 0.3 is 0 Å². The van der Waals surface area contributed by atoms with Crippen LogP contribution in [0.1, 0.15) is 11.1 Å². The molecule has 0 aliphatic heterocycles. The molecule has 4 rings (SSSR count). The molecule has 0 amide bonds. The number of rotatable bonds is 1. The van der Waals surface area contributed by atoms with Crippen molar-refractivity contribution in [1.29, 1.82) is 0 Å². The molecule has 0 aromatic heterocycles. The van der Waals surface area contributed by atoms with Crippen LogP contribution in [0.15, 0.2) is 42.5 Å². The van der Waals surface area contributed by atoms with Crippen molar-refractivity contribution >= 4 is 27.2 Å². The summed E-state index contributed by atoms with van der Waals surface area (Å²) in [6, 6.07) is 13.6. The highest BCUT2D eigenvalue weighted by molar-refractivity contribution is 6.12. The van der Waals surface area contributed by atoms with E-state index in [1.165, 1.54) is 11.1 Å². The average Bonchev–Trinajstić information content (AvgIpc) is 2.85. The van der Waals surface area contributed by atoms with Crippen molar-refractivity contribution in [1.82, 2.24) is 0 Å². The lowest BCUT2D eigenvalue weighted by atomic mass is 9.96. The Morgan fingerprint density at radius 3 is 2.42 bits per heavy atom. The molecule has 3 aromatic rings. The number of hydrogen-bond donors (Lipinski definition) is 0. The van der Waals surface area contributed by atoms with Gasteiger partial charge in [-0.3, -0.25) is 10.1 Å². The summed E-state index contributed by atoms with van der Waals surface area (Å²) >= 11 is 0. The fourth-order valence-corrected chi connectivity index (χ4v) is 3.31. The summed E-state index contributed by atoms with van der Waals surface area (Å²) in [5.41, 5.74) is 2.76. The number of fused-ring (bicyclic) bond motifs is 2. The van der Waals surface area contributed by atoms with Crippen LogP contribution < -0.4 is 0 Å². The lowest BCUT2D eigenvalue weighted by Crippen LogP contribution is -1.94. The Morgan fingerprint density at radius 2 is 1.63 bits per heavy atom. The topological polar surface area (TPSA) is 43.1 Å². The number of nitro benzene ring substituents is 1. The minimum atomic E-state index is -0.246. The molecular formula is C16H11NO2. The van der Waals surface area contributed by atoms with Gasteiger partial charge in [0, 0.05) is 0 Å². The molecule has 0 radical (unpaired) electrons. The van der Waals surface area contributed by atoms with Gasteiger partial charge in [-0.05, 0) is 46.9 Å². The molecule has 3 heteroatoms. The second kappa shape index (κ2) is 3.54. The maximum atomic E-state index is 11.5. The van der Waals surface area contributed by atoms with Crippen LogP contribution in [0.4, 0.5) is 5.69 Å². The van der Waals surface area contributed by atoms with Crippen LogP contribution in [0.5, 0.6) is 0 Å². The van der Waals surface area contributed by atoms with Gasteiger partial charge in [0.15, 0.2) is 0 Å². The third-order valence-corrected chi connectivity index (χ3v) is 4.04. The Bertz CT molecular complexity index is 852. The van der Waals surface area contributed by atoms with Crippen molar-refractivity contribution < 1.29 is 4.92 Å². The van der Waals surface area contributed by atoms with E-state index in [2.05, 4.69) is 6.07 Å². The molecule has 0 unspecified atom stereocenters. The minimum absolute atomic E-state index is 0.246. The van der Waals surface area contributed by atoms with Crippen LogP contribution in [0.2, 0.25) is 0 Å². The summed E-state index contributed by atoms with van der Waals surface area (Å²) in [6.45, 7) is 0. The molecule has 0 saturated heterocycles. The van der Waals surface area contributed by atoms with Crippen LogP contribution in [0.3, 0.4) is 0 Å². The second-order valence-electron chi connectivity index (χ2n) is 4.97. The number of hydrogen-bond acceptors (Lipinski definition) is 2. The van der Waals surface area contributed by atoms with E-state index in [4.69, 9.17) is 0 Å². The molecule has 19 heavy (non-hydrogen) atoms. The molecule has 1 aliphatic rings. The molecule has 0 fully saturated rings. The molecule has 0 spiro atoms. The standard InChI is InChI=1S/C16H11NO2/c18-17(19)16-13-6-2-1-5-11(13)12-9-8-10-4-3-7-14(16)15(10)12/h1-7H,8-9H2. The van der Waals surface area contributed by atoms with Crippen molar-refractivity contribution in [3.8, 4) is 0 Å². The Morgan fingerprint density at radius 1 is 0.895 bits per heavy atom. The average molecular weight is 249 g/mol. The largest absolute Gasteiger partial charge is 0.284 e. The van der Waals surface area contributed by atoms with Gasteiger partial charge in [0.2, 0.25) is 0 Å². The molecule has 0 saturated carbocycles. The number of nitrogens with zero attached hydrogens (tertiary/aromatic N) is 1. The van der Waals surface area contributed by atoms with Gasteiger partial charge < -0.3 is 0 Å². The highest BCUT2D eigenvalue weighted by Gasteiger charge is 2.25. The molecule has 0 atom stereocenters. The molecule has 0 N–H and O–H groups in total. The molecule has 1 aliphatic carbocycles. The fourth-order valence-electron chi connectivity index (χ4n) is 3.31. The van der Waals surface area contributed by atoms with Gasteiger partial charge in [-0.2, -0.15) is 0 Å². The molecule has 92 valence electrons. The van der Waals surface area contributed by atoms with Crippen molar-refractivity contribution in [2.24, 2.45) is 0 Å². The van der Waals surface area contributed by atoms with Crippen LogP contribution >= 0.6 is 0 Å². The second-order valence-corrected chi connectivity index (χ2v) is 4.97. The monoisotopic (exact) mass is 249 g/mol. The summed E-state index contributed by atoms with van der Waals surface area (Å²) in [5, 5.41) is 15.2. The highest BCUT2D eigenvalue weighted by Crippen LogP contribution is 2.42. The van der Waals surface area contributed by atoms with Crippen LogP contribution in [-0.4, -0.2) is 4.92 Å². The van der Waals surface area contributed by atoms with E-state index >= 15 is 0 Å². The van der Waals surface area contributed by atoms with Crippen LogP contribution in [-0.2, 0) is 12.8 Å². The Kier molecular flexibility index (Phi) is 1.96. The van der Waals surface area contributed by atoms with E-state index in [-0.39, 0.29) is 10.6 Å². The zero-order chi connectivity index (χ0) is 13.0. The van der Waals surface area contributed by atoms with Crippen molar-refractivity contribution in [3.05, 3.63) is 63.7 Å². The summed E-state index contributed by atoms with van der Waals surface area (Å²) in [7, 11) is 0. The highest BCUT2D eigenvalue weighted by atomic mass is 16.6. The van der Waals surface area contributed by atoms with Gasteiger partial charge in [-0.1, -0.05) is 30.3 Å².